The molecule has 0 aliphatic heterocycles. The molecule has 0 fully saturated rings. The fraction of sp³-hybridized carbons (Fsp3) is 0.150. The lowest BCUT2D eigenvalue weighted by Crippen LogP contribution is -2.35. The van der Waals surface area contributed by atoms with E-state index in [0.717, 1.165) is 6.07 Å². The molecule has 8 heteroatoms. The van der Waals surface area contributed by atoms with E-state index in [1.165, 1.54) is 49.4 Å². The van der Waals surface area contributed by atoms with Gasteiger partial charge in [0.05, 0.1) is 5.39 Å². The van der Waals surface area contributed by atoms with Crippen molar-refractivity contribution in [2.45, 2.75) is 19.6 Å². The van der Waals surface area contributed by atoms with E-state index in [-0.39, 0.29) is 29.1 Å². The maximum absolute atomic E-state index is 12.9. The second-order valence-electron chi connectivity index (χ2n) is 6.01. The van der Waals surface area contributed by atoms with Gasteiger partial charge in [0.25, 0.3) is 5.91 Å². The van der Waals surface area contributed by atoms with Crippen LogP contribution in [0.15, 0.2) is 57.7 Å². The van der Waals surface area contributed by atoms with E-state index in [0.29, 0.717) is 10.6 Å². The Hall–Kier alpha value is -3.19. The normalized spacial score (nSPS) is 11.8. The zero-order valence-electron chi connectivity index (χ0n) is 14.7. The van der Waals surface area contributed by atoms with Gasteiger partial charge < -0.3 is 14.5 Å². The first kappa shape index (κ1) is 19.6. The molecule has 0 aliphatic carbocycles. The van der Waals surface area contributed by atoms with Crippen LogP contribution in [0.2, 0.25) is 5.02 Å². The highest BCUT2D eigenvalue weighted by molar-refractivity contribution is 6.31. The molecule has 0 saturated carbocycles. The van der Waals surface area contributed by atoms with Gasteiger partial charge in [-0.1, -0.05) is 23.7 Å². The Kier molecular flexibility index (Phi) is 5.75. The number of benzene rings is 2. The van der Waals surface area contributed by atoms with E-state index >= 15 is 0 Å². The number of amides is 1. The fourth-order valence-corrected chi connectivity index (χ4v) is 2.61. The smallest absolute Gasteiger partial charge is 0.375 e. The minimum atomic E-state index is -1.13. The number of hydrogen-bond acceptors (Lipinski definition) is 5. The van der Waals surface area contributed by atoms with Crippen molar-refractivity contribution in [2.24, 2.45) is 0 Å². The molecular weight excluding hydrogens is 389 g/mol. The van der Waals surface area contributed by atoms with Crippen molar-refractivity contribution in [1.82, 2.24) is 5.32 Å². The summed E-state index contributed by atoms with van der Waals surface area (Å²) in [4.78, 5) is 36.5. The van der Waals surface area contributed by atoms with Gasteiger partial charge in [0.2, 0.25) is 5.76 Å². The van der Waals surface area contributed by atoms with Crippen LogP contribution in [0.3, 0.4) is 0 Å². The van der Waals surface area contributed by atoms with Gasteiger partial charge in [0.1, 0.15) is 11.4 Å². The first-order valence-electron chi connectivity index (χ1n) is 8.30. The molecule has 0 saturated heterocycles. The van der Waals surface area contributed by atoms with Crippen molar-refractivity contribution >= 4 is 34.4 Å². The van der Waals surface area contributed by atoms with Crippen molar-refractivity contribution in [3.05, 3.63) is 80.9 Å². The van der Waals surface area contributed by atoms with E-state index in [2.05, 4.69) is 5.32 Å². The molecule has 1 heterocycles. The average molecular weight is 404 g/mol. The summed E-state index contributed by atoms with van der Waals surface area (Å²) in [5.74, 6) is -2.19. The SMILES string of the molecule is C[C@H](OC(=O)c1cc(=O)c2cc(Cl)ccc2o1)C(=O)NCc1ccc(F)cc1. The monoisotopic (exact) mass is 403 g/mol. The average Bonchev–Trinajstić information content (AvgIpc) is 2.67. The highest BCUT2D eigenvalue weighted by Gasteiger charge is 2.21. The van der Waals surface area contributed by atoms with Gasteiger partial charge in [0, 0.05) is 17.6 Å². The second-order valence-corrected chi connectivity index (χ2v) is 6.44. The number of carbonyl (C=O) groups excluding carboxylic acids is 2. The summed E-state index contributed by atoms with van der Waals surface area (Å²) in [6, 6.07) is 11.0. The lowest BCUT2D eigenvalue weighted by Gasteiger charge is -2.13. The van der Waals surface area contributed by atoms with Gasteiger partial charge in [-0.05, 0) is 42.8 Å². The Bertz CT molecular complexity index is 1090. The van der Waals surface area contributed by atoms with Gasteiger partial charge in [-0.3, -0.25) is 9.59 Å². The van der Waals surface area contributed by atoms with Crippen molar-refractivity contribution < 1.29 is 23.1 Å². The molecule has 28 heavy (non-hydrogen) atoms. The Morgan fingerprint density at radius 2 is 1.89 bits per heavy atom. The number of rotatable bonds is 5. The highest BCUT2D eigenvalue weighted by atomic mass is 35.5. The van der Waals surface area contributed by atoms with E-state index < -0.39 is 23.4 Å². The van der Waals surface area contributed by atoms with Crippen LogP contribution in [0, 0.1) is 5.82 Å². The predicted molar refractivity (Wildman–Crippen MR) is 101 cm³/mol. The van der Waals surface area contributed by atoms with E-state index in [1.54, 1.807) is 0 Å². The topological polar surface area (TPSA) is 85.6 Å². The molecule has 1 amide bonds. The quantitative estimate of drug-likeness (QED) is 0.659. The zero-order chi connectivity index (χ0) is 20.3. The summed E-state index contributed by atoms with van der Waals surface area (Å²) in [6.45, 7) is 1.53. The Labute approximate surface area is 163 Å². The van der Waals surface area contributed by atoms with E-state index in [9.17, 15) is 18.8 Å². The molecule has 0 bridgehead atoms. The summed E-state index contributed by atoms with van der Waals surface area (Å²) < 4.78 is 23.3. The third-order valence-corrected chi connectivity index (χ3v) is 4.16. The molecule has 2 aromatic carbocycles. The molecule has 3 rings (SSSR count). The van der Waals surface area contributed by atoms with Gasteiger partial charge in [-0.25, -0.2) is 9.18 Å². The number of hydrogen-bond donors (Lipinski definition) is 1. The number of ether oxygens (including phenoxy) is 1. The number of carbonyl (C=O) groups is 2. The standard InChI is InChI=1S/C20H15ClFNO5/c1-11(19(25)23-10-12-2-5-14(22)6-3-12)27-20(26)18-9-16(24)15-8-13(21)4-7-17(15)28-18/h2-9,11H,10H2,1H3,(H,23,25)/t11-/m0/s1. The Balaban J connectivity index is 1.65. The van der Waals surface area contributed by atoms with Crippen LogP contribution in [-0.4, -0.2) is 18.0 Å². The summed E-state index contributed by atoms with van der Waals surface area (Å²) in [5, 5.41) is 3.17. The van der Waals surface area contributed by atoms with Crippen LogP contribution >= 0.6 is 11.6 Å². The van der Waals surface area contributed by atoms with E-state index in [1.807, 2.05) is 0 Å². The predicted octanol–water partition coefficient (Wildman–Crippen LogP) is 3.45. The number of fused-ring (bicyclic) bond motifs is 1. The lowest BCUT2D eigenvalue weighted by molar-refractivity contribution is -0.129. The molecule has 0 unspecified atom stereocenters. The molecule has 3 aromatic rings. The second kappa shape index (κ2) is 8.22. The van der Waals surface area contributed by atoms with E-state index in [4.69, 9.17) is 20.8 Å². The molecule has 1 N–H and O–H groups in total. The maximum Gasteiger partial charge on any atom is 0.375 e. The van der Waals surface area contributed by atoms with Gasteiger partial charge in [0.15, 0.2) is 11.5 Å². The first-order valence-corrected chi connectivity index (χ1v) is 8.68. The number of nitrogens with one attached hydrogen (secondary N) is 1. The van der Waals surface area contributed by atoms with Gasteiger partial charge >= 0.3 is 5.97 Å². The summed E-state index contributed by atoms with van der Waals surface area (Å²) in [6.07, 6.45) is -1.13. The van der Waals surface area contributed by atoms with Gasteiger partial charge in [-0.2, -0.15) is 0 Å². The Morgan fingerprint density at radius 3 is 2.61 bits per heavy atom. The third kappa shape index (κ3) is 4.55. The maximum atomic E-state index is 12.9. The molecular formula is C20H15ClFNO5. The summed E-state index contributed by atoms with van der Waals surface area (Å²) in [5.41, 5.74) is 0.411. The first-order chi connectivity index (χ1) is 13.3. The molecule has 144 valence electrons. The van der Waals surface area contributed by atoms with Gasteiger partial charge in [-0.15, -0.1) is 0 Å². The van der Waals surface area contributed by atoms with Crippen LogP contribution < -0.4 is 10.7 Å². The van der Waals surface area contributed by atoms with Crippen molar-refractivity contribution in [1.29, 1.82) is 0 Å². The largest absolute Gasteiger partial charge is 0.449 e. The number of halogens is 2. The minimum absolute atomic E-state index is 0.146. The van der Waals surface area contributed by atoms with Crippen molar-refractivity contribution in [3.63, 3.8) is 0 Å². The fourth-order valence-electron chi connectivity index (χ4n) is 2.44. The van der Waals surface area contributed by atoms with Crippen LogP contribution in [0.25, 0.3) is 11.0 Å². The summed E-state index contributed by atoms with van der Waals surface area (Å²) >= 11 is 5.84. The molecule has 1 aromatic heterocycles. The third-order valence-electron chi connectivity index (χ3n) is 3.92. The van der Waals surface area contributed by atoms with Crippen LogP contribution in [0.5, 0.6) is 0 Å². The van der Waals surface area contributed by atoms with Crippen molar-refractivity contribution in [3.8, 4) is 0 Å². The lowest BCUT2D eigenvalue weighted by atomic mass is 10.2. The molecule has 0 radical (unpaired) electrons. The number of esters is 1. The molecule has 0 aliphatic rings. The molecule has 6 nitrogen and oxygen atoms in total. The molecule has 0 spiro atoms. The summed E-state index contributed by atoms with van der Waals surface area (Å²) in [7, 11) is 0. The van der Waals surface area contributed by atoms with Crippen LogP contribution in [0.4, 0.5) is 4.39 Å². The van der Waals surface area contributed by atoms with Crippen LogP contribution in [-0.2, 0) is 16.1 Å². The highest BCUT2D eigenvalue weighted by Crippen LogP contribution is 2.18. The Morgan fingerprint density at radius 1 is 1.18 bits per heavy atom. The van der Waals surface area contributed by atoms with Crippen molar-refractivity contribution in [2.75, 3.05) is 0 Å². The van der Waals surface area contributed by atoms with Crippen LogP contribution in [0.1, 0.15) is 23.0 Å². The molecule has 1 atom stereocenters. The minimum Gasteiger partial charge on any atom is -0.449 e. The zero-order valence-corrected chi connectivity index (χ0v) is 15.5.